The molecule has 0 unspecified atom stereocenters. The molecule has 166 valence electrons. The Morgan fingerprint density at radius 2 is 1.32 bits per heavy atom. The Kier molecular flexibility index (Phi) is 7.74. The fraction of sp³-hybridized carbons (Fsp3) is 0.333. The minimum Gasteiger partial charge on any atom is -0.222 e. The molecule has 0 fully saturated rings. The SMILES string of the molecule is C#CCC(C/C=C(\C)C[Si](C)(C)C)(S(=O)(=O)c1ccccc1)S(=O)(=O)c1ccccc1. The topological polar surface area (TPSA) is 68.3 Å². The van der Waals surface area contributed by atoms with E-state index in [2.05, 4.69) is 25.6 Å². The molecule has 0 bridgehead atoms. The van der Waals surface area contributed by atoms with E-state index in [4.69, 9.17) is 6.42 Å². The number of terminal acetylenes is 1. The van der Waals surface area contributed by atoms with E-state index in [-0.39, 0.29) is 16.2 Å². The van der Waals surface area contributed by atoms with Crippen LogP contribution in [0.15, 0.2) is 82.1 Å². The third kappa shape index (κ3) is 5.38. The molecule has 2 aromatic rings. The number of rotatable bonds is 9. The van der Waals surface area contributed by atoms with Gasteiger partial charge in [-0.15, -0.1) is 12.3 Å². The highest BCUT2D eigenvalue weighted by atomic mass is 32.3. The first-order valence-electron chi connectivity index (χ1n) is 10.1. The highest BCUT2D eigenvalue weighted by Crippen LogP contribution is 2.41. The summed E-state index contributed by atoms with van der Waals surface area (Å²) in [7, 11) is -10.1. The molecule has 0 heterocycles. The van der Waals surface area contributed by atoms with Crippen molar-refractivity contribution >= 4 is 27.7 Å². The summed E-state index contributed by atoms with van der Waals surface area (Å²) in [5.74, 6) is 2.35. The van der Waals surface area contributed by atoms with Gasteiger partial charge in [-0.05, 0) is 37.2 Å². The first-order valence-corrected chi connectivity index (χ1v) is 16.7. The second-order valence-corrected chi connectivity index (χ2v) is 19.2. The van der Waals surface area contributed by atoms with Crippen LogP contribution in [0, 0.1) is 12.3 Å². The van der Waals surface area contributed by atoms with Gasteiger partial charge in [0.15, 0.2) is 23.8 Å². The normalized spacial score (nSPS) is 13.6. The third-order valence-corrected chi connectivity index (χ3v) is 12.3. The van der Waals surface area contributed by atoms with Crippen molar-refractivity contribution in [1.82, 2.24) is 0 Å². The predicted molar refractivity (Wildman–Crippen MR) is 130 cm³/mol. The van der Waals surface area contributed by atoms with E-state index in [1.54, 1.807) is 42.5 Å². The second-order valence-electron chi connectivity index (χ2n) is 8.92. The second kappa shape index (κ2) is 9.56. The Bertz CT molecular complexity index is 1100. The quantitative estimate of drug-likeness (QED) is 0.280. The van der Waals surface area contributed by atoms with Crippen molar-refractivity contribution in [1.29, 1.82) is 0 Å². The maximum Gasteiger partial charge on any atom is 0.200 e. The zero-order chi connectivity index (χ0) is 23.3. The number of benzene rings is 2. The largest absolute Gasteiger partial charge is 0.222 e. The molecule has 0 radical (unpaired) electrons. The van der Waals surface area contributed by atoms with E-state index < -0.39 is 38.2 Å². The van der Waals surface area contributed by atoms with Gasteiger partial charge < -0.3 is 0 Å². The first-order chi connectivity index (χ1) is 14.4. The van der Waals surface area contributed by atoms with Crippen LogP contribution in [0.2, 0.25) is 25.7 Å². The van der Waals surface area contributed by atoms with E-state index in [0.29, 0.717) is 0 Å². The smallest absolute Gasteiger partial charge is 0.200 e. The summed E-state index contributed by atoms with van der Waals surface area (Å²) in [6.07, 6.45) is 6.67. The van der Waals surface area contributed by atoms with E-state index in [9.17, 15) is 16.8 Å². The third-order valence-electron chi connectivity index (χ3n) is 5.03. The molecule has 0 atom stereocenters. The Labute approximate surface area is 188 Å². The van der Waals surface area contributed by atoms with Gasteiger partial charge in [-0.3, -0.25) is 0 Å². The number of hydrogen-bond donors (Lipinski definition) is 0. The maximum absolute atomic E-state index is 13.9. The Balaban J connectivity index is 2.79. The van der Waals surface area contributed by atoms with Crippen LogP contribution < -0.4 is 0 Å². The predicted octanol–water partition coefficient (Wildman–Crippen LogP) is 5.33. The highest BCUT2D eigenvalue weighted by Gasteiger charge is 2.55. The monoisotopic (exact) mass is 474 g/mol. The molecule has 0 saturated heterocycles. The molecular weight excluding hydrogens is 444 g/mol. The molecule has 0 N–H and O–H groups in total. The molecule has 4 nitrogen and oxygen atoms in total. The number of hydrogen-bond acceptors (Lipinski definition) is 4. The molecule has 0 aliphatic rings. The van der Waals surface area contributed by atoms with Crippen molar-refractivity contribution < 1.29 is 16.8 Å². The summed E-state index contributed by atoms with van der Waals surface area (Å²) in [5, 5.41) is 0. The fourth-order valence-corrected chi connectivity index (χ4v) is 10.2. The highest BCUT2D eigenvalue weighted by molar-refractivity contribution is 8.10. The molecule has 0 spiro atoms. The Hall–Kier alpha value is -2.14. The van der Waals surface area contributed by atoms with Crippen molar-refractivity contribution in [2.24, 2.45) is 0 Å². The summed E-state index contributed by atoms with van der Waals surface area (Å²) >= 11 is 0. The minimum atomic E-state index is -4.33. The molecule has 0 aromatic heterocycles. The van der Waals surface area contributed by atoms with Gasteiger partial charge >= 0.3 is 0 Å². The van der Waals surface area contributed by atoms with Gasteiger partial charge in [0, 0.05) is 20.9 Å². The number of allylic oxidation sites excluding steroid dienone is 2. The van der Waals surface area contributed by atoms with Crippen LogP contribution in [0.1, 0.15) is 19.8 Å². The van der Waals surface area contributed by atoms with Crippen LogP contribution >= 0.6 is 0 Å². The summed E-state index contributed by atoms with van der Waals surface area (Å²) in [5.41, 5.74) is 0.979. The van der Waals surface area contributed by atoms with Gasteiger partial charge in [-0.1, -0.05) is 67.7 Å². The maximum atomic E-state index is 13.9. The number of sulfone groups is 2. The molecule has 2 rings (SSSR count). The van der Waals surface area contributed by atoms with Crippen LogP contribution in [0.3, 0.4) is 0 Å². The van der Waals surface area contributed by atoms with Gasteiger partial charge in [0.2, 0.25) is 0 Å². The lowest BCUT2D eigenvalue weighted by molar-refractivity contribution is 0.538. The summed E-state index contributed by atoms with van der Waals surface area (Å²) in [6.45, 7) is 8.55. The van der Waals surface area contributed by atoms with Crippen LogP contribution in [-0.4, -0.2) is 29.0 Å². The Morgan fingerprint density at radius 1 is 0.903 bits per heavy atom. The van der Waals surface area contributed by atoms with Gasteiger partial charge in [0.05, 0.1) is 9.79 Å². The van der Waals surface area contributed by atoms with Gasteiger partial charge in [0.1, 0.15) is 0 Å². The van der Waals surface area contributed by atoms with Crippen molar-refractivity contribution in [3.8, 4) is 12.3 Å². The lowest BCUT2D eigenvalue weighted by Gasteiger charge is -2.31. The van der Waals surface area contributed by atoms with Crippen molar-refractivity contribution in [2.45, 2.75) is 59.3 Å². The molecule has 31 heavy (non-hydrogen) atoms. The fourth-order valence-electron chi connectivity index (χ4n) is 3.65. The molecule has 0 aliphatic carbocycles. The van der Waals surface area contributed by atoms with Crippen molar-refractivity contribution in [3.05, 3.63) is 72.3 Å². The minimum absolute atomic E-state index is 0.0546. The molecule has 2 aromatic carbocycles. The average Bonchev–Trinajstić information content (AvgIpc) is 2.70. The average molecular weight is 475 g/mol. The van der Waals surface area contributed by atoms with Crippen LogP contribution in [-0.2, 0) is 19.7 Å². The molecular formula is C24H30O4S2Si. The lowest BCUT2D eigenvalue weighted by Crippen LogP contribution is -2.46. The molecule has 0 saturated carbocycles. The molecule has 0 amide bonds. The van der Waals surface area contributed by atoms with Gasteiger partial charge in [0.25, 0.3) is 0 Å². The lowest BCUT2D eigenvalue weighted by atomic mass is 10.2. The molecule has 0 aliphatic heterocycles. The van der Waals surface area contributed by atoms with E-state index >= 15 is 0 Å². The van der Waals surface area contributed by atoms with Gasteiger partial charge in [-0.2, -0.15) is 0 Å². The summed E-state index contributed by atoms with van der Waals surface area (Å²) in [4.78, 5) is -0.109. The van der Waals surface area contributed by atoms with Crippen LogP contribution in [0.4, 0.5) is 0 Å². The summed E-state index contributed by atoms with van der Waals surface area (Å²) < 4.78 is 53.3. The zero-order valence-electron chi connectivity index (χ0n) is 18.5. The van der Waals surface area contributed by atoms with E-state index in [0.717, 1.165) is 11.6 Å². The van der Waals surface area contributed by atoms with E-state index in [1.807, 2.05) is 6.92 Å². The van der Waals surface area contributed by atoms with Crippen LogP contribution in [0.5, 0.6) is 0 Å². The Morgan fingerprint density at radius 3 is 1.68 bits per heavy atom. The van der Waals surface area contributed by atoms with Crippen molar-refractivity contribution in [2.75, 3.05) is 0 Å². The standard InChI is InChI=1S/C24H30O4S2Si/c1-6-18-24(19-17-21(2)20-31(3,4)5,29(25,26)22-13-9-7-10-14-22)30(27,28)23-15-11-8-12-16-23/h1,7-17H,18-20H2,2-5H3/b21-17+. The molecule has 7 heteroatoms. The van der Waals surface area contributed by atoms with E-state index in [1.165, 1.54) is 24.3 Å². The van der Waals surface area contributed by atoms with Gasteiger partial charge in [-0.25, -0.2) is 16.8 Å². The zero-order valence-corrected chi connectivity index (χ0v) is 21.1. The summed E-state index contributed by atoms with van der Waals surface area (Å²) in [6, 6.07) is 16.2. The van der Waals surface area contributed by atoms with Crippen molar-refractivity contribution in [3.63, 3.8) is 0 Å². The first kappa shape index (κ1) is 25.1. The van der Waals surface area contributed by atoms with Crippen LogP contribution in [0.25, 0.3) is 0 Å².